The average Bonchev–Trinajstić information content (AvgIpc) is 1.67. The first-order valence-corrected chi connectivity index (χ1v) is 36.7. The van der Waals surface area contributed by atoms with Gasteiger partial charge in [-0.1, -0.05) is 32.4 Å². The molecule has 0 radical (unpaired) electrons. The number of alkyl carbamates (subject to hydrolysis) is 1. The van der Waals surface area contributed by atoms with E-state index < -0.39 is 222 Å². The van der Waals surface area contributed by atoms with Crippen LogP contribution < -0.4 is 86.3 Å². The maximum absolute atomic E-state index is 14.7. The number of thioether (sulfide) groups is 3. The first-order chi connectivity index (χ1) is 48.9. The van der Waals surface area contributed by atoms with E-state index in [9.17, 15) is 96.5 Å². The number of nitrogens with one attached hydrogen (secondary N) is 13. The largest absolute Gasteiger partial charge is 0.508 e. The van der Waals surface area contributed by atoms with Crippen LogP contribution in [0.15, 0.2) is 24.3 Å². The molecule has 38 nitrogen and oxygen atoms in total. The molecule has 11 atom stereocenters. The van der Waals surface area contributed by atoms with Crippen molar-refractivity contribution in [1.29, 1.82) is 0 Å². The van der Waals surface area contributed by atoms with Gasteiger partial charge in [-0.15, -0.1) is 35.3 Å². The van der Waals surface area contributed by atoms with Gasteiger partial charge in [0, 0.05) is 63.2 Å². The molecule has 21 N–H and O–H groups in total. The summed E-state index contributed by atoms with van der Waals surface area (Å²) >= 11 is 2.52. The molecule has 2 fully saturated rings. The molecule has 2 aliphatic heterocycles. The van der Waals surface area contributed by atoms with E-state index in [2.05, 4.69) is 69.1 Å². The summed E-state index contributed by atoms with van der Waals surface area (Å²) in [6.07, 6.45) is -2.95. The lowest BCUT2D eigenvalue weighted by Crippen LogP contribution is -2.61. The van der Waals surface area contributed by atoms with Gasteiger partial charge in [0.15, 0.2) is 0 Å². The van der Waals surface area contributed by atoms with Crippen molar-refractivity contribution in [1.82, 2.24) is 74.0 Å². The van der Waals surface area contributed by atoms with E-state index in [4.69, 9.17) is 21.9 Å². The van der Waals surface area contributed by atoms with Crippen LogP contribution in [0.5, 0.6) is 5.75 Å². The molecule has 2 aliphatic rings. The van der Waals surface area contributed by atoms with Crippen molar-refractivity contribution in [2.75, 3.05) is 67.2 Å². The number of hydrogen-bond acceptors (Lipinski definition) is 23. The molecule has 0 unspecified atom stereocenters. The van der Waals surface area contributed by atoms with Crippen LogP contribution in [0.25, 0.3) is 0 Å². The monoisotopic (exact) mass is 1520 g/mol. The molecule has 0 spiro atoms. The zero-order valence-electron chi connectivity index (χ0n) is 58.9. The molecule has 0 saturated carbocycles. The fourth-order valence-electron chi connectivity index (χ4n) is 9.97. The molecule has 2 heterocycles. The van der Waals surface area contributed by atoms with E-state index in [0.717, 1.165) is 47.1 Å². The van der Waals surface area contributed by atoms with Crippen LogP contribution in [0.2, 0.25) is 0 Å². The lowest BCUT2D eigenvalue weighted by molar-refractivity contribution is -0.142. The predicted octanol–water partition coefficient (Wildman–Crippen LogP) is -6.05. The molecule has 578 valence electrons. The normalized spacial score (nSPS) is 22.0. The quantitative estimate of drug-likeness (QED) is 0.0384. The fourth-order valence-corrected chi connectivity index (χ4v) is 12.6. The zero-order valence-corrected chi connectivity index (χ0v) is 61.3. The number of carbonyl (C=O) groups excluding carboxylic acids is 17. The molecule has 1 aromatic carbocycles. The van der Waals surface area contributed by atoms with Crippen LogP contribution in [0, 0.1) is 5.92 Å². The standard InChI is InChI=1S/C63H97N17O21S3/c1-8-32(2)51-59(96)74-38(17-18-45(64)83)54(91)76-40(24-46(65)84)55(92)77-42(60(97)80-22-10-12-44(80)58(95)71-33(3)52(89)70-25-47(66)85)27-103-29-48(86)67-19-9-11-37(53(90)69-21-20-68-49(87)30-104-28-43(61(98)99)78-62(100)101-63(5,6)7)73-50(88)31-102-26-41(72-34(4)81)57(94)75-39(56(93)79-51)23-35-13-15-36(82)16-14-35/h13-16,32-33,37-44,51,82H,8-12,17-31H2,1-7H3,(H2,64,83)(H2,65,84)(H2,66,85)(H,67,86)(H,68,87)(H,69,90)(H,70,89)(H,71,95)(H,72,81)(H,73,88)(H,74,96)(H,75,94)(H,76,91)(H,77,92)(H,78,100)(H,79,93)(H,98,99)/t32-,33-,37+,38-,39-,40-,41-,42-,43-,44-,51-/m0/s1. The van der Waals surface area contributed by atoms with Crippen molar-refractivity contribution in [3.05, 3.63) is 29.8 Å². The number of aliphatic carboxylic acids is 1. The number of primary amides is 3. The first kappa shape index (κ1) is 88.5. The van der Waals surface area contributed by atoms with Crippen molar-refractivity contribution in [3.63, 3.8) is 0 Å². The smallest absolute Gasteiger partial charge is 0.408 e. The van der Waals surface area contributed by atoms with Gasteiger partial charge in [0.25, 0.3) is 0 Å². The summed E-state index contributed by atoms with van der Waals surface area (Å²) in [7, 11) is 0. The summed E-state index contributed by atoms with van der Waals surface area (Å²) in [5, 5.41) is 52.1. The minimum atomic E-state index is -1.94. The number of phenolic OH excluding ortho intramolecular Hbond substituents is 1. The molecular weight excluding hydrogens is 1430 g/mol. The lowest BCUT2D eigenvalue weighted by Gasteiger charge is -2.31. The fraction of sp³-hybridized carbons (Fsp3) is 0.619. The predicted molar refractivity (Wildman–Crippen MR) is 378 cm³/mol. The van der Waals surface area contributed by atoms with E-state index in [-0.39, 0.29) is 87.7 Å². The van der Waals surface area contributed by atoms with Crippen molar-refractivity contribution in [2.24, 2.45) is 23.1 Å². The van der Waals surface area contributed by atoms with Gasteiger partial charge in [-0.2, -0.15) is 0 Å². The minimum absolute atomic E-state index is 0.0127. The van der Waals surface area contributed by atoms with Gasteiger partial charge in [-0.05, 0) is 83.4 Å². The highest BCUT2D eigenvalue weighted by Crippen LogP contribution is 2.22. The number of carbonyl (C=O) groups is 18. The lowest BCUT2D eigenvalue weighted by atomic mass is 9.96. The Balaban J connectivity index is 2.08. The van der Waals surface area contributed by atoms with Crippen LogP contribution in [-0.4, -0.2) is 255 Å². The molecule has 0 bridgehead atoms. The summed E-state index contributed by atoms with van der Waals surface area (Å²) in [5.41, 5.74) is 15.7. The number of benzene rings is 1. The summed E-state index contributed by atoms with van der Waals surface area (Å²) in [4.78, 5) is 241. The van der Waals surface area contributed by atoms with Crippen LogP contribution >= 0.6 is 35.3 Å². The highest BCUT2D eigenvalue weighted by molar-refractivity contribution is 8.00. The van der Waals surface area contributed by atoms with E-state index in [1.165, 1.54) is 31.2 Å². The Bertz CT molecular complexity index is 3260. The molecule has 3 rings (SSSR count). The van der Waals surface area contributed by atoms with Gasteiger partial charge in [0.2, 0.25) is 94.5 Å². The maximum Gasteiger partial charge on any atom is 0.408 e. The molecular formula is C63H97N17O21S3. The Hall–Kier alpha value is -9.67. The number of phenols is 1. The van der Waals surface area contributed by atoms with Gasteiger partial charge in [0.1, 0.15) is 71.8 Å². The molecule has 2 saturated heterocycles. The summed E-state index contributed by atoms with van der Waals surface area (Å²) in [5.74, 6) is -18.7. The molecule has 17 amide bonds. The second-order valence-corrected chi connectivity index (χ2v) is 28.4. The second kappa shape index (κ2) is 44.8. The summed E-state index contributed by atoms with van der Waals surface area (Å²) < 4.78 is 5.11. The van der Waals surface area contributed by atoms with E-state index in [1.54, 1.807) is 34.6 Å². The van der Waals surface area contributed by atoms with Crippen LogP contribution in [0.3, 0.4) is 0 Å². The SMILES string of the molecule is CC[C@H](C)[C@@H]1NC(=O)[C@H](Cc2ccc(O)cc2)NC(=O)[C@@H](NC(C)=O)CSCC(=O)N[C@@H](C(=O)NCCNC(=O)CSC[C@H](NC(=O)OC(C)(C)C)C(=O)O)CCCNC(=O)CSC[C@@H](C(=O)N2CCC[C@H]2C(=O)N[C@@H](C)C(=O)NCC(N)=O)NC(=O)[C@H](CC(N)=O)NC(=O)[C@H](CCC(N)=O)NC1=O. The molecule has 104 heavy (non-hydrogen) atoms. The van der Waals surface area contributed by atoms with E-state index >= 15 is 0 Å². The second-order valence-electron chi connectivity index (χ2n) is 25.4. The maximum atomic E-state index is 14.7. The average molecular weight is 1520 g/mol. The van der Waals surface area contributed by atoms with Gasteiger partial charge in [-0.25, -0.2) is 9.59 Å². The Morgan fingerprint density at radius 2 is 1.33 bits per heavy atom. The molecule has 0 aliphatic carbocycles. The Morgan fingerprint density at radius 1 is 0.702 bits per heavy atom. The zero-order chi connectivity index (χ0) is 78.0. The summed E-state index contributed by atoms with van der Waals surface area (Å²) in [6, 6.07) is -9.65. The number of nitrogens with zero attached hydrogens (tertiary/aromatic N) is 1. The Labute approximate surface area is 612 Å². The van der Waals surface area contributed by atoms with Crippen LogP contribution in [0.4, 0.5) is 4.79 Å². The Kier molecular flexibility index (Phi) is 38.1. The summed E-state index contributed by atoms with van der Waals surface area (Å²) in [6.45, 7) is 9.30. The van der Waals surface area contributed by atoms with Crippen molar-refractivity contribution in [2.45, 2.75) is 172 Å². The topological polar surface area (TPSA) is 595 Å². The highest BCUT2D eigenvalue weighted by Gasteiger charge is 2.41. The Morgan fingerprint density at radius 3 is 1.95 bits per heavy atom. The third-order valence-corrected chi connectivity index (χ3v) is 18.5. The van der Waals surface area contributed by atoms with Crippen LogP contribution in [0.1, 0.15) is 105 Å². The highest BCUT2D eigenvalue weighted by atomic mass is 32.2. The number of likely N-dealkylation sites (tertiary alicyclic amines) is 1. The number of ether oxygens (including phenoxy) is 1. The number of aromatic hydroxyl groups is 1. The molecule has 1 aromatic rings. The van der Waals surface area contributed by atoms with Crippen molar-refractivity contribution in [3.8, 4) is 5.75 Å². The molecule has 0 aromatic heterocycles. The third kappa shape index (κ3) is 33.6. The number of carboxylic acids is 1. The number of carboxylic acid groups (broad SMARTS) is 1. The number of amides is 17. The van der Waals surface area contributed by atoms with Crippen molar-refractivity contribution < 1.29 is 101 Å². The minimum Gasteiger partial charge on any atom is -0.508 e. The van der Waals surface area contributed by atoms with Gasteiger partial charge >= 0.3 is 12.1 Å². The van der Waals surface area contributed by atoms with Crippen LogP contribution in [-0.2, 0) is 92.7 Å². The number of rotatable bonds is 26. The van der Waals surface area contributed by atoms with Gasteiger partial charge in [0.05, 0.1) is 30.2 Å². The van der Waals surface area contributed by atoms with Gasteiger partial charge in [-0.3, -0.25) is 76.7 Å². The van der Waals surface area contributed by atoms with Crippen molar-refractivity contribution >= 4 is 142 Å². The number of nitrogens with two attached hydrogens (primary N) is 3. The first-order valence-electron chi connectivity index (χ1n) is 33.2. The van der Waals surface area contributed by atoms with Gasteiger partial charge < -0.3 is 106 Å². The number of hydrogen-bond donors (Lipinski definition) is 18. The van der Waals surface area contributed by atoms with E-state index in [0.29, 0.717) is 5.56 Å². The third-order valence-electron chi connectivity index (χ3n) is 15.4. The van der Waals surface area contributed by atoms with E-state index in [1.807, 2.05) is 0 Å². The molecule has 41 heteroatoms.